The van der Waals surface area contributed by atoms with Gasteiger partial charge in [0.05, 0.1) is 0 Å². The molecule has 112 valence electrons. The fourth-order valence-electron chi connectivity index (χ4n) is 4.35. The summed E-state index contributed by atoms with van der Waals surface area (Å²) in [6.07, 6.45) is 11.1. The minimum atomic E-state index is 0.435. The van der Waals surface area contributed by atoms with Gasteiger partial charge in [-0.25, -0.2) is 0 Å². The molecule has 0 saturated heterocycles. The molecule has 2 aliphatic carbocycles. The second-order valence-electron chi connectivity index (χ2n) is 7.92. The zero-order valence-electron chi connectivity index (χ0n) is 13.3. The van der Waals surface area contributed by atoms with Crippen molar-refractivity contribution in [2.24, 2.45) is 23.0 Å². The Kier molecular flexibility index (Phi) is 5.30. The molecule has 2 heteroatoms. The highest BCUT2D eigenvalue weighted by Crippen LogP contribution is 2.39. The van der Waals surface area contributed by atoms with E-state index in [9.17, 15) is 0 Å². The molecule has 0 radical (unpaired) electrons. The van der Waals surface area contributed by atoms with Crippen molar-refractivity contribution in [3.8, 4) is 0 Å². The van der Waals surface area contributed by atoms with Crippen LogP contribution in [-0.2, 0) is 0 Å². The van der Waals surface area contributed by atoms with Crippen molar-refractivity contribution in [3.63, 3.8) is 0 Å². The van der Waals surface area contributed by atoms with E-state index < -0.39 is 0 Å². The molecule has 2 fully saturated rings. The van der Waals surface area contributed by atoms with Crippen LogP contribution in [0.2, 0.25) is 0 Å². The van der Waals surface area contributed by atoms with Gasteiger partial charge in [-0.05, 0) is 49.5 Å². The van der Waals surface area contributed by atoms with Crippen LogP contribution in [0.5, 0.6) is 0 Å². The van der Waals surface area contributed by atoms with Gasteiger partial charge >= 0.3 is 0 Å². The van der Waals surface area contributed by atoms with Crippen molar-refractivity contribution in [1.29, 1.82) is 0 Å². The van der Waals surface area contributed by atoms with Gasteiger partial charge in [0.15, 0.2) is 0 Å². The van der Waals surface area contributed by atoms with Crippen LogP contribution < -0.4 is 11.1 Å². The smallest absolute Gasteiger partial charge is 0.0110 e. The van der Waals surface area contributed by atoms with Gasteiger partial charge in [-0.2, -0.15) is 0 Å². The first-order valence-corrected chi connectivity index (χ1v) is 8.48. The zero-order chi connectivity index (χ0) is 13.9. The third-order valence-corrected chi connectivity index (χ3v) is 5.52. The van der Waals surface area contributed by atoms with Crippen molar-refractivity contribution in [2.45, 2.75) is 84.2 Å². The summed E-state index contributed by atoms with van der Waals surface area (Å²) in [6, 6.07) is 1.41. The van der Waals surface area contributed by atoms with E-state index in [0.717, 1.165) is 24.4 Å². The Labute approximate surface area is 119 Å². The molecular formula is C17H34N2. The first-order chi connectivity index (χ1) is 9.02. The summed E-state index contributed by atoms with van der Waals surface area (Å²) in [5.41, 5.74) is 6.41. The monoisotopic (exact) mass is 266 g/mol. The molecule has 0 aromatic rings. The largest absolute Gasteiger partial charge is 0.330 e. The van der Waals surface area contributed by atoms with Gasteiger partial charge in [0.2, 0.25) is 0 Å². The second kappa shape index (κ2) is 6.58. The van der Waals surface area contributed by atoms with Gasteiger partial charge < -0.3 is 11.1 Å². The minimum Gasteiger partial charge on any atom is -0.330 e. The van der Waals surface area contributed by atoms with Crippen LogP contribution in [0.3, 0.4) is 0 Å². The standard InChI is InChI=1S/C17H34N2/c1-17(2,3)14-9-5-7-11-16(14)19-15-10-6-4-8-13(15)12-18/h13-16,19H,4-12,18H2,1-3H3. The van der Waals surface area contributed by atoms with Crippen molar-refractivity contribution in [1.82, 2.24) is 5.32 Å². The fourth-order valence-corrected chi connectivity index (χ4v) is 4.35. The van der Waals surface area contributed by atoms with E-state index >= 15 is 0 Å². The molecule has 2 rings (SSSR count). The summed E-state index contributed by atoms with van der Waals surface area (Å²) < 4.78 is 0. The van der Waals surface area contributed by atoms with Crippen molar-refractivity contribution in [2.75, 3.05) is 6.54 Å². The van der Waals surface area contributed by atoms with Crippen LogP contribution in [0.25, 0.3) is 0 Å². The number of nitrogens with one attached hydrogen (secondary N) is 1. The average molecular weight is 266 g/mol. The third-order valence-electron chi connectivity index (χ3n) is 5.52. The summed E-state index contributed by atoms with van der Waals surface area (Å²) in [7, 11) is 0. The van der Waals surface area contributed by atoms with Crippen molar-refractivity contribution >= 4 is 0 Å². The van der Waals surface area contributed by atoms with E-state index in [-0.39, 0.29) is 0 Å². The molecule has 3 N–H and O–H groups in total. The third kappa shape index (κ3) is 3.95. The molecule has 0 spiro atoms. The number of hydrogen-bond donors (Lipinski definition) is 2. The fraction of sp³-hybridized carbons (Fsp3) is 1.00. The van der Waals surface area contributed by atoms with Crippen LogP contribution in [0.15, 0.2) is 0 Å². The molecule has 2 nitrogen and oxygen atoms in total. The average Bonchev–Trinajstić information content (AvgIpc) is 2.39. The second-order valence-corrected chi connectivity index (χ2v) is 7.92. The molecule has 0 amide bonds. The summed E-state index contributed by atoms with van der Waals surface area (Å²) in [5.74, 6) is 1.55. The topological polar surface area (TPSA) is 38.0 Å². The summed E-state index contributed by atoms with van der Waals surface area (Å²) in [6.45, 7) is 8.11. The van der Waals surface area contributed by atoms with Crippen LogP contribution in [0.4, 0.5) is 0 Å². The molecular weight excluding hydrogens is 232 g/mol. The first-order valence-electron chi connectivity index (χ1n) is 8.48. The van der Waals surface area contributed by atoms with Crippen LogP contribution >= 0.6 is 0 Å². The summed E-state index contributed by atoms with van der Waals surface area (Å²) >= 11 is 0. The zero-order valence-corrected chi connectivity index (χ0v) is 13.3. The van der Waals surface area contributed by atoms with Gasteiger partial charge in [-0.15, -0.1) is 0 Å². The molecule has 4 unspecified atom stereocenters. The highest BCUT2D eigenvalue weighted by molar-refractivity contribution is 4.92. The van der Waals surface area contributed by atoms with Gasteiger partial charge in [-0.1, -0.05) is 46.5 Å². The lowest BCUT2D eigenvalue weighted by molar-refractivity contribution is 0.107. The van der Waals surface area contributed by atoms with Crippen molar-refractivity contribution in [3.05, 3.63) is 0 Å². The lowest BCUT2D eigenvalue weighted by Crippen LogP contribution is -2.52. The van der Waals surface area contributed by atoms with Gasteiger partial charge in [-0.3, -0.25) is 0 Å². The Morgan fingerprint density at radius 3 is 2.11 bits per heavy atom. The first kappa shape index (κ1) is 15.3. The van der Waals surface area contributed by atoms with Crippen LogP contribution in [0.1, 0.15) is 72.1 Å². The molecule has 0 bridgehead atoms. The van der Waals surface area contributed by atoms with Crippen molar-refractivity contribution < 1.29 is 0 Å². The van der Waals surface area contributed by atoms with E-state index in [1.54, 1.807) is 0 Å². The maximum atomic E-state index is 5.98. The van der Waals surface area contributed by atoms with Crippen LogP contribution in [-0.4, -0.2) is 18.6 Å². The predicted octanol–water partition coefficient (Wildman–Crippen LogP) is 3.70. The predicted molar refractivity (Wildman–Crippen MR) is 83.1 cm³/mol. The van der Waals surface area contributed by atoms with E-state index in [0.29, 0.717) is 11.5 Å². The Bertz CT molecular complexity index is 269. The molecule has 0 aromatic carbocycles. The Hall–Kier alpha value is -0.0800. The van der Waals surface area contributed by atoms with Gasteiger partial charge in [0.25, 0.3) is 0 Å². The molecule has 2 aliphatic rings. The van der Waals surface area contributed by atoms with Gasteiger partial charge in [0.1, 0.15) is 0 Å². The number of hydrogen-bond acceptors (Lipinski definition) is 2. The quantitative estimate of drug-likeness (QED) is 0.817. The minimum absolute atomic E-state index is 0.435. The molecule has 0 aromatic heterocycles. The summed E-state index contributed by atoms with van der Waals surface area (Å²) in [5, 5.41) is 4.04. The lowest BCUT2D eigenvalue weighted by Gasteiger charge is -2.44. The normalized spacial score (nSPS) is 37.3. The number of nitrogens with two attached hydrogens (primary N) is 1. The van der Waals surface area contributed by atoms with Crippen LogP contribution in [0, 0.1) is 17.3 Å². The molecule has 0 heterocycles. The highest BCUT2D eigenvalue weighted by atomic mass is 15.0. The molecule has 4 atom stereocenters. The highest BCUT2D eigenvalue weighted by Gasteiger charge is 2.36. The maximum Gasteiger partial charge on any atom is 0.0110 e. The summed E-state index contributed by atoms with van der Waals surface area (Å²) in [4.78, 5) is 0. The van der Waals surface area contributed by atoms with E-state index in [4.69, 9.17) is 5.73 Å². The van der Waals surface area contributed by atoms with E-state index in [2.05, 4.69) is 26.1 Å². The Morgan fingerprint density at radius 2 is 1.47 bits per heavy atom. The van der Waals surface area contributed by atoms with E-state index in [1.807, 2.05) is 0 Å². The molecule has 0 aliphatic heterocycles. The SMILES string of the molecule is CC(C)(C)C1CCCCC1NC1CCCCC1CN. The Morgan fingerprint density at radius 1 is 0.895 bits per heavy atom. The lowest BCUT2D eigenvalue weighted by atomic mass is 9.69. The Balaban J connectivity index is 1.98. The molecule has 2 saturated carbocycles. The van der Waals surface area contributed by atoms with Gasteiger partial charge in [0, 0.05) is 12.1 Å². The van der Waals surface area contributed by atoms with E-state index in [1.165, 1.54) is 51.4 Å². The maximum absolute atomic E-state index is 5.98. The number of rotatable bonds is 3. The molecule has 19 heavy (non-hydrogen) atoms.